The molecule has 6 nitrogen and oxygen atoms in total. The number of ether oxygens (including phenoxy) is 2. The predicted octanol–water partition coefficient (Wildman–Crippen LogP) is 4.24. The van der Waals surface area contributed by atoms with Crippen molar-refractivity contribution in [2.24, 2.45) is 11.8 Å². The summed E-state index contributed by atoms with van der Waals surface area (Å²) in [6.07, 6.45) is 1.46. The second-order valence-electron chi connectivity index (χ2n) is 6.76. The van der Waals surface area contributed by atoms with Crippen LogP contribution in [0, 0.1) is 11.8 Å². The molecule has 2 aromatic heterocycles. The summed E-state index contributed by atoms with van der Waals surface area (Å²) in [6.45, 7) is 8.33. The van der Waals surface area contributed by atoms with Gasteiger partial charge in [-0.3, -0.25) is 0 Å². The van der Waals surface area contributed by atoms with Crippen LogP contribution in [0.2, 0.25) is 0 Å². The zero-order valence-corrected chi connectivity index (χ0v) is 17.5. The standard InChI is InChI=1S/C18H24N2O4S2/c1-9(2)7-11-13(17(21)23-5)19-15(25-11)16-20-14(18(22)24-6)12(26-16)8-10(3)4/h9-10H,7-8H2,1-6H3. The molecule has 0 aliphatic heterocycles. The summed E-state index contributed by atoms with van der Waals surface area (Å²) in [5.74, 6) is -0.138. The van der Waals surface area contributed by atoms with Crippen LogP contribution in [0.15, 0.2) is 0 Å². The van der Waals surface area contributed by atoms with Crippen LogP contribution in [0.25, 0.3) is 10.0 Å². The van der Waals surface area contributed by atoms with Crippen molar-refractivity contribution in [3.8, 4) is 10.0 Å². The third-order valence-corrected chi connectivity index (χ3v) is 5.82. The minimum Gasteiger partial charge on any atom is -0.464 e. The lowest BCUT2D eigenvalue weighted by Crippen LogP contribution is -2.06. The smallest absolute Gasteiger partial charge is 0.357 e. The summed E-state index contributed by atoms with van der Waals surface area (Å²) in [4.78, 5) is 34.8. The van der Waals surface area contributed by atoms with Gasteiger partial charge in [-0.05, 0) is 24.7 Å². The van der Waals surface area contributed by atoms with Crippen molar-refractivity contribution in [2.75, 3.05) is 14.2 Å². The van der Waals surface area contributed by atoms with Gasteiger partial charge in [-0.2, -0.15) is 0 Å². The molecule has 0 N–H and O–H groups in total. The van der Waals surface area contributed by atoms with Gasteiger partial charge in [0.05, 0.1) is 14.2 Å². The highest BCUT2D eigenvalue weighted by atomic mass is 32.1. The highest BCUT2D eigenvalue weighted by Gasteiger charge is 2.25. The minimum absolute atomic E-state index is 0.335. The molecule has 0 fully saturated rings. The Labute approximate surface area is 161 Å². The van der Waals surface area contributed by atoms with E-state index in [1.165, 1.54) is 36.9 Å². The Morgan fingerprint density at radius 1 is 0.808 bits per heavy atom. The molecule has 0 amide bonds. The number of carbonyl (C=O) groups is 2. The van der Waals surface area contributed by atoms with Crippen LogP contribution in [0.4, 0.5) is 0 Å². The molecular formula is C18H24N2O4S2. The minimum atomic E-state index is -0.449. The van der Waals surface area contributed by atoms with Gasteiger partial charge in [0.15, 0.2) is 21.4 Å². The molecule has 0 atom stereocenters. The van der Waals surface area contributed by atoms with E-state index in [-0.39, 0.29) is 0 Å². The quantitative estimate of drug-likeness (QED) is 0.652. The first kappa shape index (κ1) is 20.5. The second kappa shape index (κ2) is 8.73. The van der Waals surface area contributed by atoms with Gasteiger partial charge in [0, 0.05) is 9.75 Å². The Morgan fingerprint density at radius 3 is 1.42 bits per heavy atom. The number of hydrogen-bond acceptors (Lipinski definition) is 8. The van der Waals surface area contributed by atoms with E-state index in [4.69, 9.17) is 9.47 Å². The molecule has 0 aliphatic rings. The van der Waals surface area contributed by atoms with Gasteiger partial charge in [-0.25, -0.2) is 19.6 Å². The van der Waals surface area contributed by atoms with Crippen LogP contribution in [0.3, 0.4) is 0 Å². The number of methoxy groups -OCH3 is 2. The highest BCUT2D eigenvalue weighted by Crippen LogP contribution is 2.35. The molecule has 26 heavy (non-hydrogen) atoms. The Hall–Kier alpha value is -1.80. The van der Waals surface area contributed by atoms with Crippen molar-refractivity contribution < 1.29 is 19.1 Å². The van der Waals surface area contributed by atoms with E-state index in [1.807, 2.05) is 0 Å². The van der Waals surface area contributed by atoms with Gasteiger partial charge >= 0.3 is 11.9 Å². The first-order valence-electron chi connectivity index (χ1n) is 8.43. The maximum Gasteiger partial charge on any atom is 0.357 e. The van der Waals surface area contributed by atoms with Gasteiger partial charge in [-0.1, -0.05) is 27.7 Å². The van der Waals surface area contributed by atoms with Gasteiger partial charge in [0.25, 0.3) is 0 Å². The van der Waals surface area contributed by atoms with E-state index in [0.29, 0.717) is 33.2 Å². The van der Waals surface area contributed by atoms with Gasteiger partial charge in [0.2, 0.25) is 0 Å². The molecule has 2 heterocycles. The van der Waals surface area contributed by atoms with Crippen LogP contribution < -0.4 is 0 Å². The third kappa shape index (κ3) is 4.67. The summed E-state index contributed by atoms with van der Waals surface area (Å²) < 4.78 is 9.72. The third-order valence-electron chi connectivity index (χ3n) is 3.52. The molecule has 142 valence electrons. The molecule has 0 bridgehead atoms. The van der Waals surface area contributed by atoms with Crippen LogP contribution >= 0.6 is 22.7 Å². The monoisotopic (exact) mass is 396 g/mol. The first-order chi connectivity index (χ1) is 12.3. The van der Waals surface area contributed by atoms with Gasteiger partial charge < -0.3 is 9.47 Å². The number of thiazole rings is 2. The number of rotatable bonds is 7. The number of hydrogen-bond donors (Lipinski definition) is 0. The molecule has 0 radical (unpaired) electrons. The first-order valence-corrected chi connectivity index (χ1v) is 10.1. The van der Waals surface area contributed by atoms with Crippen LogP contribution in [0.5, 0.6) is 0 Å². The van der Waals surface area contributed by atoms with Gasteiger partial charge in [0.1, 0.15) is 0 Å². The summed E-state index contributed by atoms with van der Waals surface area (Å²) in [5, 5.41) is 1.26. The zero-order chi connectivity index (χ0) is 19.4. The highest BCUT2D eigenvalue weighted by molar-refractivity contribution is 7.21. The van der Waals surface area contributed by atoms with Crippen molar-refractivity contribution >= 4 is 34.6 Å². The lowest BCUT2D eigenvalue weighted by molar-refractivity contribution is 0.0584. The van der Waals surface area contributed by atoms with E-state index in [2.05, 4.69) is 37.7 Å². The predicted molar refractivity (Wildman–Crippen MR) is 103 cm³/mol. The average Bonchev–Trinajstić information content (AvgIpc) is 3.16. The average molecular weight is 397 g/mol. The lowest BCUT2D eigenvalue weighted by Gasteiger charge is -2.02. The van der Waals surface area contributed by atoms with Gasteiger partial charge in [-0.15, -0.1) is 22.7 Å². The van der Waals surface area contributed by atoms with E-state index in [9.17, 15) is 9.59 Å². The van der Waals surface area contributed by atoms with Crippen molar-refractivity contribution in [3.63, 3.8) is 0 Å². The number of carbonyl (C=O) groups excluding carboxylic acids is 2. The fraction of sp³-hybridized carbons (Fsp3) is 0.556. The van der Waals surface area contributed by atoms with Crippen molar-refractivity contribution in [3.05, 3.63) is 21.1 Å². The summed E-state index contributed by atoms with van der Waals surface area (Å²) in [5.41, 5.74) is 0.669. The normalized spacial score (nSPS) is 11.2. The van der Waals surface area contributed by atoms with Crippen molar-refractivity contribution in [2.45, 2.75) is 40.5 Å². The number of aromatic nitrogens is 2. The molecule has 0 saturated carbocycles. The molecule has 0 aromatic carbocycles. The Kier molecular flexibility index (Phi) is 6.88. The van der Waals surface area contributed by atoms with Crippen molar-refractivity contribution in [1.29, 1.82) is 0 Å². The van der Waals surface area contributed by atoms with E-state index < -0.39 is 11.9 Å². The summed E-state index contributed by atoms with van der Waals surface area (Å²) >= 11 is 2.86. The lowest BCUT2D eigenvalue weighted by atomic mass is 10.1. The number of esters is 2. The second-order valence-corrected chi connectivity index (χ2v) is 8.93. The molecule has 0 saturated heterocycles. The van der Waals surface area contributed by atoms with Crippen molar-refractivity contribution in [1.82, 2.24) is 9.97 Å². The largest absolute Gasteiger partial charge is 0.464 e. The maximum absolute atomic E-state index is 12.1. The van der Waals surface area contributed by atoms with Crippen LogP contribution in [-0.4, -0.2) is 36.1 Å². The zero-order valence-electron chi connectivity index (χ0n) is 15.9. The van der Waals surface area contributed by atoms with E-state index in [0.717, 1.165) is 22.6 Å². The summed E-state index contributed by atoms with van der Waals surface area (Å²) in [6, 6.07) is 0. The molecule has 2 rings (SSSR count). The Balaban J connectivity index is 2.50. The van der Waals surface area contributed by atoms with E-state index >= 15 is 0 Å². The molecule has 2 aromatic rings. The molecule has 0 spiro atoms. The molecular weight excluding hydrogens is 372 g/mol. The SMILES string of the molecule is COC(=O)c1nc(-c2nc(C(=O)OC)c(CC(C)C)s2)sc1CC(C)C. The maximum atomic E-state index is 12.1. The molecule has 0 unspecified atom stereocenters. The fourth-order valence-corrected chi connectivity index (χ4v) is 4.96. The molecule has 8 heteroatoms. The van der Waals surface area contributed by atoms with Crippen LogP contribution in [-0.2, 0) is 22.3 Å². The Morgan fingerprint density at radius 2 is 1.15 bits per heavy atom. The summed E-state index contributed by atoms with van der Waals surface area (Å²) in [7, 11) is 2.69. The van der Waals surface area contributed by atoms with E-state index in [1.54, 1.807) is 0 Å². The topological polar surface area (TPSA) is 78.4 Å². The number of nitrogens with zero attached hydrogens (tertiary/aromatic N) is 2. The fourth-order valence-electron chi connectivity index (χ4n) is 2.42. The Bertz CT molecular complexity index is 727. The van der Waals surface area contributed by atoms with Crippen LogP contribution in [0.1, 0.15) is 58.4 Å². The molecule has 0 aliphatic carbocycles.